The van der Waals surface area contributed by atoms with E-state index >= 15 is 0 Å². The molecule has 2 aromatic carbocycles. The molecule has 6 nitrogen and oxygen atoms in total. The van der Waals surface area contributed by atoms with E-state index in [1.54, 1.807) is 0 Å². The van der Waals surface area contributed by atoms with E-state index in [1.807, 2.05) is 49.4 Å². The molecule has 1 fully saturated rings. The second kappa shape index (κ2) is 10.7. The lowest BCUT2D eigenvalue weighted by Gasteiger charge is -2.16. The highest BCUT2D eigenvalue weighted by molar-refractivity contribution is 5.73. The average molecular weight is 449 g/mol. The summed E-state index contributed by atoms with van der Waals surface area (Å²) < 4.78 is 16.9. The van der Waals surface area contributed by atoms with Crippen LogP contribution < -0.4 is 4.74 Å². The van der Waals surface area contributed by atoms with Gasteiger partial charge in [0.1, 0.15) is 23.8 Å². The quantitative estimate of drug-likeness (QED) is 0.434. The molecule has 1 aliphatic heterocycles. The Bertz CT molecular complexity index is 1060. The highest BCUT2D eigenvalue weighted by Gasteiger charge is 2.37. The van der Waals surface area contributed by atoms with Crippen LogP contribution in [0.1, 0.15) is 30.4 Å². The number of ether oxygens (including phenoxy) is 2. The summed E-state index contributed by atoms with van der Waals surface area (Å²) in [6.07, 6.45) is 1.84. The van der Waals surface area contributed by atoms with Crippen molar-refractivity contribution in [3.05, 3.63) is 71.6 Å². The predicted octanol–water partition coefficient (Wildman–Crippen LogP) is 4.90. The molecule has 1 aliphatic rings. The second-order valence-electron chi connectivity index (χ2n) is 8.60. The summed E-state index contributed by atoms with van der Waals surface area (Å²) >= 11 is 0. The number of aromatic nitrogens is 1. The van der Waals surface area contributed by atoms with Crippen LogP contribution >= 0.6 is 0 Å². The number of likely N-dealkylation sites (tertiary alicyclic amines) is 1. The predicted molar refractivity (Wildman–Crippen MR) is 127 cm³/mol. The molecule has 33 heavy (non-hydrogen) atoms. The fourth-order valence-electron chi connectivity index (χ4n) is 4.49. The molecule has 0 bridgehead atoms. The van der Waals surface area contributed by atoms with Gasteiger partial charge in [-0.25, -0.2) is 4.98 Å². The lowest BCUT2D eigenvalue weighted by atomic mass is 9.90. The Balaban J connectivity index is 1.36. The fourth-order valence-corrected chi connectivity index (χ4v) is 4.49. The highest BCUT2D eigenvalue weighted by atomic mass is 16.5. The van der Waals surface area contributed by atoms with Crippen LogP contribution in [0.5, 0.6) is 5.75 Å². The van der Waals surface area contributed by atoms with Crippen LogP contribution in [0, 0.1) is 18.8 Å². The third kappa shape index (κ3) is 5.63. The molecule has 2 atom stereocenters. The minimum Gasteiger partial charge on any atom is -0.487 e. The van der Waals surface area contributed by atoms with Gasteiger partial charge in [-0.2, -0.15) is 0 Å². The Morgan fingerprint density at radius 2 is 1.97 bits per heavy atom. The summed E-state index contributed by atoms with van der Waals surface area (Å²) in [4.78, 5) is 19.2. The van der Waals surface area contributed by atoms with Gasteiger partial charge in [-0.3, -0.25) is 4.79 Å². The molecule has 0 N–H and O–H groups in total. The van der Waals surface area contributed by atoms with E-state index in [1.165, 1.54) is 12.7 Å². The van der Waals surface area contributed by atoms with E-state index in [2.05, 4.69) is 28.9 Å². The highest BCUT2D eigenvalue weighted by Crippen LogP contribution is 2.29. The molecule has 0 spiro atoms. The molecule has 0 saturated carbocycles. The lowest BCUT2D eigenvalue weighted by molar-refractivity contribution is -0.146. The summed E-state index contributed by atoms with van der Waals surface area (Å²) in [6.45, 7) is 7.09. The summed E-state index contributed by atoms with van der Waals surface area (Å²) in [6, 6.07) is 18.0. The standard InChI is InChI=1S/C27H32N2O4/c1-4-29-16-22(24(17-29)27(30)31-3)14-13-20-9-8-12-23(15-20)32-18-25-19(2)33-26(28-25)21-10-6-5-7-11-21/h5-12,15,22,24H,4,13-14,16-18H2,1-3H3/t22-,24-/m1/s1. The topological polar surface area (TPSA) is 64.8 Å². The van der Waals surface area contributed by atoms with Crippen molar-refractivity contribution >= 4 is 5.97 Å². The summed E-state index contributed by atoms with van der Waals surface area (Å²) in [5.74, 6) is 2.37. The average Bonchev–Trinajstić information content (AvgIpc) is 3.45. The van der Waals surface area contributed by atoms with E-state index in [0.717, 1.165) is 55.2 Å². The van der Waals surface area contributed by atoms with Gasteiger partial charge < -0.3 is 18.8 Å². The Hall–Kier alpha value is -3.12. The number of aryl methyl sites for hydroxylation is 2. The number of carbonyl (C=O) groups excluding carboxylic acids is 1. The van der Waals surface area contributed by atoms with Crippen molar-refractivity contribution in [3.8, 4) is 17.2 Å². The third-order valence-electron chi connectivity index (χ3n) is 6.46. The minimum atomic E-state index is -0.0918. The number of benzene rings is 2. The van der Waals surface area contributed by atoms with Gasteiger partial charge in [0.25, 0.3) is 0 Å². The number of methoxy groups -OCH3 is 1. The van der Waals surface area contributed by atoms with Gasteiger partial charge >= 0.3 is 5.97 Å². The Morgan fingerprint density at radius 1 is 1.15 bits per heavy atom. The molecule has 0 aliphatic carbocycles. The van der Waals surface area contributed by atoms with Crippen LogP contribution in [-0.4, -0.2) is 42.6 Å². The van der Waals surface area contributed by atoms with Crippen molar-refractivity contribution in [1.29, 1.82) is 0 Å². The van der Waals surface area contributed by atoms with Gasteiger partial charge in [0.15, 0.2) is 0 Å². The largest absolute Gasteiger partial charge is 0.487 e. The number of carbonyl (C=O) groups is 1. The normalized spacial score (nSPS) is 18.4. The molecule has 2 heterocycles. The third-order valence-corrected chi connectivity index (χ3v) is 6.46. The molecule has 3 aromatic rings. The first kappa shape index (κ1) is 23.1. The zero-order valence-corrected chi connectivity index (χ0v) is 19.6. The van der Waals surface area contributed by atoms with Crippen molar-refractivity contribution in [1.82, 2.24) is 9.88 Å². The fraction of sp³-hybridized carbons (Fsp3) is 0.407. The number of hydrogen-bond acceptors (Lipinski definition) is 6. The zero-order valence-electron chi connectivity index (χ0n) is 19.6. The lowest BCUT2D eigenvalue weighted by Crippen LogP contribution is -2.25. The number of nitrogens with zero attached hydrogens (tertiary/aromatic N) is 2. The SMILES string of the molecule is CCN1C[C@@H](CCc2cccc(OCc3nc(-c4ccccc4)oc3C)c2)[C@H](C(=O)OC)C1. The first-order valence-electron chi connectivity index (χ1n) is 11.6. The number of esters is 1. The van der Waals surface area contributed by atoms with Gasteiger partial charge in [-0.05, 0) is 62.1 Å². The van der Waals surface area contributed by atoms with Crippen molar-refractivity contribution in [2.24, 2.45) is 11.8 Å². The van der Waals surface area contributed by atoms with Crippen molar-refractivity contribution in [2.45, 2.75) is 33.3 Å². The molecule has 4 rings (SSSR count). The van der Waals surface area contributed by atoms with Crippen LogP contribution in [0.2, 0.25) is 0 Å². The maximum Gasteiger partial charge on any atom is 0.310 e. The van der Waals surface area contributed by atoms with E-state index < -0.39 is 0 Å². The number of oxazole rings is 1. The number of rotatable bonds is 9. The van der Waals surface area contributed by atoms with Crippen molar-refractivity contribution in [2.75, 3.05) is 26.7 Å². The molecule has 0 radical (unpaired) electrons. The van der Waals surface area contributed by atoms with E-state index in [4.69, 9.17) is 13.9 Å². The molecule has 0 unspecified atom stereocenters. The molecular weight excluding hydrogens is 416 g/mol. The van der Waals surface area contributed by atoms with Gasteiger partial charge in [-0.1, -0.05) is 37.3 Å². The van der Waals surface area contributed by atoms with E-state index in [9.17, 15) is 4.79 Å². The second-order valence-corrected chi connectivity index (χ2v) is 8.60. The van der Waals surface area contributed by atoms with Crippen molar-refractivity contribution in [3.63, 3.8) is 0 Å². The van der Waals surface area contributed by atoms with Crippen LogP contribution in [0.25, 0.3) is 11.5 Å². The maximum absolute atomic E-state index is 12.2. The van der Waals surface area contributed by atoms with Crippen LogP contribution in [0.4, 0.5) is 0 Å². The Kier molecular flexibility index (Phi) is 7.45. The van der Waals surface area contributed by atoms with Gasteiger partial charge in [0, 0.05) is 18.7 Å². The van der Waals surface area contributed by atoms with Gasteiger partial charge in [0.05, 0.1) is 13.0 Å². The van der Waals surface area contributed by atoms with Crippen LogP contribution in [0.15, 0.2) is 59.0 Å². The minimum absolute atomic E-state index is 0.0386. The summed E-state index contributed by atoms with van der Waals surface area (Å²) in [7, 11) is 1.48. The molecule has 1 aromatic heterocycles. The first-order valence-corrected chi connectivity index (χ1v) is 11.6. The van der Waals surface area contributed by atoms with Gasteiger partial charge in [-0.15, -0.1) is 0 Å². The zero-order chi connectivity index (χ0) is 23.2. The monoisotopic (exact) mass is 448 g/mol. The van der Waals surface area contributed by atoms with E-state index in [0.29, 0.717) is 18.4 Å². The molecule has 6 heteroatoms. The Morgan fingerprint density at radius 3 is 2.73 bits per heavy atom. The molecule has 174 valence electrons. The smallest absolute Gasteiger partial charge is 0.310 e. The molecule has 0 amide bonds. The van der Waals surface area contributed by atoms with Crippen LogP contribution in [0.3, 0.4) is 0 Å². The number of hydrogen-bond donors (Lipinski definition) is 0. The molecular formula is C27H32N2O4. The Labute approximate surface area is 195 Å². The van der Waals surface area contributed by atoms with Crippen LogP contribution in [-0.2, 0) is 22.6 Å². The molecule has 1 saturated heterocycles. The van der Waals surface area contributed by atoms with Crippen molar-refractivity contribution < 1.29 is 18.7 Å². The van der Waals surface area contributed by atoms with Gasteiger partial charge in [0.2, 0.25) is 5.89 Å². The summed E-state index contributed by atoms with van der Waals surface area (Å²) in [5, 5.41) is 0. The maximum atomic E-state index is 12.2. The summed E-state index contributed by atoms with van der Waals surface area (Å²) in [5.41, 5.74) is 2.95. The van der Waals surface area contributed by atoms with E-state index in [-0.39, 0.29) is 11.9 Å². The first-order chi connectivity index (χ1) is 16.1.